The smallest absolute Gasteiger partial charge is 0.158 e. The van der Waals surface area contributed by atoms with Crippen LogP contribution in [0, 0.1) is 0 Å². The molecule has 0 atom stereocenters. The van der Waals surface area contributed by atoms with Gasteiger partial charge in [0.15, 0.2) is 5.82 Å². The van der Waals surface area contributed by atoms with Crippen molar-refractivity contribution in [3.05, 3.63) is 71.8 Å². The van der Waals surface area contributed by atoms with Crippen LogP contribution in [-0.4, -0.2) is 29.9 Å². The lowest BCUT2D eigenvalue weighted by atomic mass is 10.0. The zero-order valence-corrected chi connectivity index (χ0v) is 15.9. The average Bonchev–Trinajstić information content (AvgIpc) is 3.52. The molecule has 2 N–H and O–H groups in total. The van der Waals surface area contributed by atoms with Crippen LogP contribution >= 0.6 is 11.3 Å². The van der Waals surface area contributed by atoms with Crippen LogP contribution in [-0.2, 0) is 0 Å². The van der Waals surface area contributed by atoms with E-state index in [1.165, 1.54) is 0 Å². The molecular formula is C22H14N6S. The maximum atomic E-state index is 4.69. The number of fused-ring (bicyclic) bond motifs is 2. The highest BCUT2D eigenvalue weighted by Gasteiger charge is 2.10. The van der Waals surface area contributed by atoms with Crippen molar-refractivity contribution in [2.75, 3.05) is 0 Å². The Kier molecular flexibility index (Phi) is 3.54. The van der Waals surface area contributed by atoms with E-state index in [2.05, 4.69) is 49.2 Å². The minimum Gasteiger partial charge on any atom is -0.338 e. The van der Waals surface area contributed by atoms with Crippen LogP contribution in [0.3, 0.4) is 0 Å². The number of hydrogen-bond donors (Lipinski definition) is 2. The summed E-state index contributed by atoms with van der Waals surface area (Å²) in [5.74, 6) is 1.64. The predicted molar refractivity (Wildman–Crippen MR) is 116 cm³/mol. The van der Waals surface area contributed by atoms with Crippen molar-refractivity contribution in [1.29, 1.82) is 0 Å². The number of nitrogens with one attached hydrogen (secondary N) is 2. The second-order valence-electron chi connectivity index (χ2n) is 6.74. The Morgan fingerprint density at radius 1 is 0.690 bits per heavy atom. The fraction of sp³-hybridized carbons (Fsp3) is 0. The molecule has 138 valence electrons. The van der Waals surface area contributed by atoms with E-state index in [1.54, 1.807) is 23.7 Å². The molecular weight excluding hydrogens is 380 g/mol. The van der Waals surface area contributed by atoms with Gasteiger partial charge in [-0.1, -0.05) is 12.1 Å². The Morgan fingerprint density at radius 3 is 2.00 bits per heavy atom. The van der Waals surface area contributed by atoms with Crippen LogP contribution in [0.25, 0.3) is 56.1 Å². The molecule has 7 heteroatoms. The van der Waals surface area contributed by atoms with Crippen LogP contribution < -0.4 is 0 Å². The van der Waals surface area contributed by atoms with Crippen molar-refractivity contribution in [2.45, 2.75) is 0 Å². The van der Waals surface area contributed by atoms with Crippen LogP contribution in [0.2, 0.25) is 0 Å². The first-order valence-electron chi connectivity index (χ1n) is 9.12. The van der Waals surface area contributed by atoms with Gasteiger partial charge in [0.25, 0.3) is 0 Å². The number of hydrogen-bond acceptors (Lipinski definition) is 5. The highest BCUT2D eigenvalue weighted by molar-refractivity contribution is 7.07. The fourth-order valence-corrected chi connectivity index (χ4v) is 4.01. The molecule has 0 bridgehead atoms. The topological polar surface area (TPSA) is 83.1 Å². The molecule has 6 rings (SSSR count). The average molecular weight is 394 g/mol. The quantitative estimate of drug-likeness (QED) is 0.427. The Labute approximate surface area is 169 Å². The van der Waals surface area contributed by atoms with Crippen LogP contribution in [0.4, 0.5) is 0 Å². The van der Waals surface area contributed by atoms with Gasteiger partial charge in [-0.3, -0.25) is 4.98 Å². The van der Waals surface area contributed by atoms with E-state index < -0.39 is 0 Å². The van der Waals surface area contributed by atoms with Crippen LogP contribution in [0.5, 0.6) is 0 Å². The standard InChI is InChI=1S/C22H14N6S/c1-3-16-18(27-21(25-16)13-5-7-23-8-6-13)9-14(1)15-2-4-17-19(10-15)28-22(26-17)20-11-29-12-24-20/h1-12H,(H,25,27)(H,26,28). The summed E-state index contributed by atoms with van der Waals surface area (Å²) < 4.78 is 0. The first-order valence-corrected chi connectivity index (χ1v) is 10.1. The molecule has 0 spiro atoms. The number of aromatic amines is 2. The lowest BCUT2D eigenvalue weighted by molar-refractivity contribution is 1.27. The number of rotatable bonds is 3. The summed E-state index contributed by atoms with van der Waals surface area (Å²) >= 11 is 1.56. The second kappa shape index (κ2) is 6.35. The van der Waals surface area contributed by atoms with E-state index in [4.69, 9.17) is 4.98 Å². The molecule has 0 radical (unpaired) electrons. The summed E-state index contributed by atoms with van der Waals surface area (Å²) in [4.78, 5) is 24.5. The Morgan fingerprint density at radius 2 is 1.34 bits per heavy atom. The molecule has 0 fully saturated rings. The normalized spacial score (nSPS) is 11.4. The first-order chi connectivity index (χ1) is 14.3. The molecule has 0 saturated carbocycles. The zero-order chi connectivity index (χ0) is 19.2. The van der Waals surface area contributed by atoms with Gasteiger partial charge >= 0.3 is 0 Å². The van der Waals surface area contributed by atoms with Crippen LogP contribution in [0.15, 0.2) is 71.8 Å². The van der Waals surface area contributed by atoms with Gasteiger partial charge in [0, 0.05) is 23.3 Å². The second-order valence-corrected chi connectivity index (χ2v) is 7.46. The molecule has 0 aliphatic rings. The van der Waals surface area contributed by atoms with Crippen molar-refractivity contribution < 1.29 is 0 Å². The van der Waals surface area contributed by atoms with Gasteiger partial charge in [0.05, 0.1) is 27.6 Å². The van der Waals surface area contributed by atoms with Gasteiger partial charge < -0.3 is 9.97 Å². The van der Waals surface area contributed by atoms with Gasteiger partial charge in [-0.2, -0.15) is 0 Å². The molecule has 4 heterocycles. The van der Waals surface area contributed by atoms with E-state index in [9.17, 15) is 0 Å². The number of imidazole rings is 2. The van der Waals surface area contributed by atoms with Crippen molar-refractivity contribution in [1.82, 2.24) is 29.9 Å². The maximum absolute atomic E-state index is 4.69. The zero-order valence-electron chi connectivity index (χ0n) is 15.1. The molecule has 0 unspecified atom stereocenters. The van der Waals surface area contributed by atoms with Gasteiger partial charge in [-0.15, -0.1) is 11.3 Å². The fourth-order valence-electron chi connectivity index (χ4n) is 3.48. The lowest BCUT2D eigenvalue weighted by Crippen LogP contribution is -1.80. The largest absolute Gasteiger partial charge is 0.338 e. The molecule has 0 saturated heterocycles. The minimum absolute atomic E-state index is 0.796. The Hall–Kier alpha value is -3.84. The maximum Gasteiger partial charge on any atom is 0.158 e. The molecule has 29 heavy (non-hydrogen) atoms. The summed E-state index contributed by atoms with van der Waals surface area (Å²) in [6.45, 7) is 0. The van der Waals surface area contributed by atoms with Gasteiger partial charge in [-0.05, 0) is 47.5 Å². The molecule has 0 aliphatic heterocycles. The Bertz CT molecular complexity index is 1450. The van der Waals surface area contributed by atoms with Crippen LogP contribution in [0.1, 0.15) is 0 Å². The van der Waals surface area contributed by atoms with E-state index >= 15 is 0 Å². The number of pyridine rings is 1. The van der Waals surface area contributed by atoms with Crippen molar-refractivity contribution in [3.8, 4) is 34.0 Å². The molecule has 2 aromatic carbocycles. The molecule has 4 aromatic heterocycles. The molecule has 0 aliphatic carbocycles. The predicted octanol–water partition coefficient (Wildman–Crippen LogP) is 5.29. The number of H-pyrrole nitrogens is 2. The van der Waals surface area contributed by atoms with E-state index in [1.807, 2.05) is 35.2 Å². The Balaban J connectivity index is 1.41. The number of benzene rings is 2. The third kappa shape index (κ3) is 2.79. The van der Waals surface area contributed by atoms with Crippen molar-refractivity contribution in [3.63, 3.8) is 0 Å². The summed E-state index contributed by atoms with van der Waals surface area (Å²) in [5.41, 5.74) is 9.81. The summed E-state index contributed by atoms with van der Waals surface area (Å²) in [5, 5.41) is 1.99. The van der Waals surface area contributed by atoms with E-state index in [0.29, 0.717) is 0 Å². The van der Waals surface area contributed by atoms with Crippen molar-refractivity contribution >= 4 is 33.4 Å². The monoisotopic (exact) mass is 394 g/mol. The highest BCUT2D eigenvalue weighted by Crippen LogP contribution is 2.29. The van der Waals surface area contributed by atoms with Gasteiger partial charge in [0.2, 0.25) is 0 Å². The third-order valence-electron chi connectivity index (χ3n) is 4.93. The SMILES string of the molecule is c1cc(-c2nc3ccc(-c4ccc5nc(-c6cscn6)[nH]c5c4)cc3[nH]2)ccn1. The summed E-state index contributed by atoms with van der Waals surface area (Å²) in [7, 11) is 0. The van der Waals surface area contributed by atoms with E-state index in [-0.39, 0.29) is 0 Å². The number of nitrogens with zero attached hydrogens (tertiary/aromatic N) is 4. The number of thiazole rings is 1. The van der Waals surface area contributed by atoms with E-state index in [0.717, 1.165) is 56.1 Å². The van der Waals surface area contributed by atoms with Crippen molar-refractivity contribution in [2.24, 2.45) is 0 Å². The molecule has 6 nitrogen and oxygen atoms in total. The highest BCUT2D eigenvalue weighted by atomic mass is 32.1. The molecule has 0 amide bonds. The molecule has 6 aromatic rings. The first kappa shape index (κ1) is 16.1. The van der Waals surface area contributed by atoms with Gasteiger partial charge in [-0.25, -0.2) is 15.0 Å². The van der Waals surface area contributed by atoms with Gasteiger partial charge in [0.1, 0.15) is 11.5 Å². The summed E-state index contributed by atoms with van der Waals surface area (Å²) in [6, 6.07) is 16.4. The third-order valence-corrected chi connectivity index (χ3v) is 5.51. The summed E-state index contributed by atoms with van der Waals surface area (Å²) in [6.07, 6.45) is 3.54. The lowest BCUT2D eigenvalue weighted by Gasteiger charge is -2.01. The number of aromatic nitrogens is 6. The minimum atomic E-state index is 0.796.